The summed E-state index contributed by atoms with van der Waals surface area (Å²) in [6.07, 6.45) is 5.52. The molecule has 4 saturated carbocycles. The molecule has 0 heterocycles. The average Bonchev–Trinajstić information content (AvgIpc) is 2.71. The molecule has 0 unspecified atom stereocenters. The molecule has 4 bridgehead atoms. The van der Waals surface area contributed by atoms with Gasteiger partial charge >= 0.3 is 5.97 Å². The number of benzene rings is 1. The van der Waals surface area contributed by atoms with Crippen molar-refractivity contribution in [3.63, 3.8) is 0 Å². The van der Waals surface area contributed by atoms with Gasteiger partial charge in [-0.25, -0.2) is 0 Å². The van der Waals surface area contributed by atoms with Crippen LogP contribution in [0.4, 0.5) is 5.69 Å². The zero-order chi connectivity index (χ0) is 21.3. The number of ether oxygens (including phenoxy) is 1. The lowest BCUT2D eigenvalue weighted by Crippen LogP contribution is -2.54. The van der Waals surface area contributed by atoms with Crippen LogP contribution in [0.3, 0.4) is 0 Å². The number of amides is 2. The fraction of sp³-hybridized carbons (Fsp3) is 0.565. The van der Waals surface area contributed by atoms with Crippen molar-refractivity contribution in [3.05, 3.63) is 29.8 Å². The van der Waals surface area contributed by atoms with Gasteiger partial charge in [0.1, 0.15) is 6.54 Å². The highest BCUT2D eigenvalue weighted by atomic mass is 16.5. The van der Waals surface area contributed by atoms with E-state index in [-0.39, 0.29) is 17.9 Å². The monoisotopic (exact) mass is 409 g/mol. The first-order valence-electron chi connectivity index (χ1n) is 10.7. The molecule has 4 fully saturated rings. The van der Waals surface area contributed by atoms with Crippen molar-refractivity contribution in [2.24, 2.45) is 23.2 Å². The number of rotatable bonds is 6. The van der Waals surface area contributed by atoms with Crippen LogP contribution in [-0.2, 0) is 19.1 Å². The normalized spacial score (nSPS) is 29.5. The summed E-state index contributed by atoms with van der Waals surface area (Å²) in [5.74, 6) is 0.781. The van der Waals surface area contributed by atoms with Crippen LogP contribution >= 0.6 is 0 Å². The van der Waals surface area contributed by atoms with Crippen molar-refractivity contribution in [2.45, 2.75) is 51.6 Å². The number of hydrogen-bond donors (Lipinski definition) is 2. The number of hydrogen-bond acceptors (Lipinski definition) is 5. The van der Waals surface area contributed by atoms with E-state index in [9.17, 15) is 14.4 Å². The minimum Gasteiger partial charge on any atom is -0.451 e. The lowest BCUT2D eigenvalue weighted by atomic mass is 9.49. The van der Waals surface area contributed by atoms with Crippen molar-refractivity contribution in [1.82, 2.24) is 5.32 Å². The third-order valence-corrected chi connectivity index (χ3v) is 6.85. The lowest BCUT2D eigenvalue weighted by molar-refractivity contribution is -0.155. The van der Waals surface area contributed by atoms with Crippen LogP contribution in [0, 0.1) is 34.5 Å². The highest BCUT2D eigenvalue weighted by Gasteiger charge is 2.54. The largest absolute Gasteiger partial charge is 0.451 e. The second-order valence-corrected chi connectivity index (χ2v) is 9.19. The highest BCUT2D eigenvalue weighted by Crippen LogP contribution is 2.60. The van der Waals surface area contributed by atoms with Gasteiger partial charge in [-0.1, -0.05) is 6.07 Å². The van der Waals surface area contributed by atoms with Gasteiger partial charge in [-0.15, -0.1) is 0 Å². The Balaban J connectivity index is 1.26. The van der Waals surface area contributed by atoms with E-state index in [2.05, 4.69) is 10.6 Å². The molecule has 4 aliphatic carbocycles. The van der Waals surface area contributed by atoms with Crippen LogP contribution in [-0.4, -0.2) is 30.4 Å². The molecule has 4 aliphatic rings. The van der Waals surface area contributed by atoms with Gasteiger partial charge in [0, 0.05) is 11.1 Å². The van der Waals surface area contributed by atoms with Crippen LogP contribution in [0.15, 0.2) is 24.3 Å². The number of nitriles is 1. The standard InChI is InChI=1S/C23H27N3O4/c1-14(21(28)26-19-4-2-3-15(8-19)12-24)30-20(27)13-25-22(29)23-9-16-5-17(10-23)7-18(6-16)11-23/h2-4,8,14,16-18H,5-7,9-11,13H2,1H3,(H,25,29)(H,26,28)/t14-,16?,17?,18?,23?/m0/s1. The Bertz CT molecular complexity index is 869. The molecule has 0 spiro atoms. The van der Waals surface area contributed by atoms with Crippen molar-refractivity contribution >= 4 is 23.5 Å². The summed E-state index contributed by atoms with van der Waals surface area (Å²) >= 11 is 0. The molecule has 0 aromatic heterocycles. The molecule has 1 atom stereocenters. The van der Waals surface area contributed by atoms with Crippen molar-refractivity contribution in [1.29, 1.82) is 5.26 Å². The van der Waals surface area contributed by atoms with E-state index in [0.29, 0.717) is 29.0 Å². The third kappa shape index (κ3) is 4.18. The van der Waals surface area contributed by atoms with Gasteiger partial charge in [-0.05, 0) is 81.4 Å². The Hall–Kier alpha value is -2.88. The number of nitrogens with zero attached hydrogens (tertiary/aromatic N) is 1. The summed E-state index contributed by atoms with van der Waals surface area (Å²) in [5.41, 5.74) is 0.561. The molecule has 1 aromatic carbocycles. The molecule has 2 N–H and O–H groups in total. The van der Waals surface area contributed by atoms with E-state index >= 15 is 0 Å². The Morgan fingerprint density at radius 2 is 1.80 bits per heavy atom. The number of anilines is 1. The molecular weight excluding hydrogens is 382 g/mol. The zero-order valence-electron chi connectivity index (χ0n) is 17.1. The average molecular weight is 409 g/mol. The van der Waals surface area contributed by atoms with Gasteiger partial charge in [0.05, 0.1) is 11.6 Å². The fourth-order valence-electron chi connectivity index (χ4n) is 5.93. The predicted octanol–water partition coefficient (Wildman–Crippen LogP) is 2.76. The summed E-state index contributed by atoms with van der Waals surface area (Å²) < 4.78 is 5.18. The smallest absolute Gasteiger partial charge is 0.326 e. The first-order chi connectivity index (χ1) is 14.4. The molecule has 1 aromatic rings. The Morgan fingerprint density at radius 3 is 2.40 bits per heavy atom. The topological polar surface area (TPSA) is 108 Å². The second-order valence-electron chi connectivity index (χ2n) is 9.19. The summed E-state index contributed by atoms with van der Waals surface area (Å²) in [7, 11) is 0. The number of carbonyl (C=O) groups excluding carboxylic acids is 3. The summed E-state index contributed by atoms with van der Waals surface area (Å²) in [6.45, 7) is 1.24. The fourth-order valence-corrected chi connectivity index (χ4v) is 5.93. The number of carbonyl (C=O) groups is 3. The van der Waals surface area contributed by atoms with Crippen LogP contribution in [0.1, 0.15) is 51.0 Å². The van der Waals surface area contributed by atoms with Crippen LogP contribution < -0.4 is 10.6 Å². The summed E-state index contributed by atoms with van der Waals surface area (Å²) in [6, 6.07) is 8.48. The van der Waals surface area contributed by atoms with E-state index in [1.54, 1.807) is 18.2 Å². The minimum absolute atomic E-state index is 0.0380. The summed E-state index contributed by atoms with van der Waals surface area (Å²) in [5, 5.41) is 14.3. The lowest BCUT2D eigenvalue weighted by Gasteiger charge is -2.55. The van der Waals surface area contributed by atoms with Gasteiger partial charge in [0.25, 0.3) is 5.91 Å². The maximum Gasteiger partial charge on any atom is 0.326 e. The predicted molar refractivity (Wildman–Crippen MR) is 109 cm³/mol. The first-order valence-corrected chi connectivity index (χ1v) is 10.7. The van der Waals surface area contributed by atoms with E-state index < -0.39 is 18.0 Å². The second kappa shape index (κ2) is 8.10. The summed E-state index contributed by atoms with van der Waals surface area (Å²) in [4.78, 5) is 37.3. The first kappa shape index (κ1) is 20.4. The molecule has 7 nitrogen and oxygen atoms in total. The van der Waals surface area contributed by atoms with E-state index in [1.807, 2.05) is 6.07 Å². The minimum atomic E-state index is -1.01. The van der Waals surface area contributed by atoms with Crippen LogP contribution in [0.5, 0.6) is 0 Å². The Labute approximate surface area is 176 Å². The molecule has 0 aliphatic heterocycles. The molecule has 5 rings (SSSR count). The van der Waals surface area contributed by atoms with Crippen molar-refractivity contribution in [3.8, 4) is 6.07 Å². The zero-order valence-corrected chi connectivity index (χ0v) is 17.1. The molecule has 158 valence electrons. The Morgan fingerprint density at radius 1 is 1.17 bits per heavy atom. The maximum atomic E-state index is 12.9. The van der Waals surface area contributed by atoms with Gasteiger partial charge in [-0.3, -0.25) is 14.4 Å². The van der Waals surface area contributed by atoms with Gasteiger partial charge in [0.15, 0.2) is 6.10 Å². The van der Waals surface area contributed by atoms with E-state index in [4.69, 9.17) is 10.00 Å². The maximum absolute atomic E-state index is 12.9. The van der Waals surface area contributed by atoms with Gasteiger partial charge in [-0.2, -0.15) is 5.26 Å². The molecular formula is C23H27N3O4. The number of esters is 1. The van der Waals surface area contributed by atoms with E-state index in [0.717, 1.165) is 19.3 Å². The molecule has 2 amide bonds. The molecule has 30 heavy (non-hydrogen) atoms. The quantitative estimate of drug-likeness (QED) is 0.703. The number of nitrogens with one attached hydrogen (secondary N) is 2. The van der Waals surface area contributed by atoms with Crippen LogP contribution in [0.2, 0.25) is 0 Å². The van der Waals surface area contributed by atoms with Crippen LogP contribution in [0.25, 0.3) is 0 Å². The van der Waals surface area contributed by atoms with Crippen molar-refractivity contribution < 1.29 is 19.1 Å². The SMILES string of the molecule is C[C@H](OC(=O)CNC(=O)C12CC3CC(CC(C3)C1)C2)C(=O)Nc1cccc(C#N)c1. The van der Waals surface area contributed by atoms with E-state index in [1.165, 1.54) is 32.3 Å². The van der Waals surface area contributed by atoms with Gasteiger partial charge in [0.2, 0.25) is 5.91 Å². The molecule has 0 radical (unpaired) electrons. The van der Waals surface area contributed by atoms with Crippen molar-refractivity contribution in [2.75, 3.05) is 11.9 Å². The molecule has 0 saturated heterocycles. The Kier molecular flexibility index (Phi) is 5.50. The molecule has 7 heteroatoms. The van der Waals surface area contributed by atoms with Gasteiger partial charge < -0.3 is 15.4 Å². The third-order valence-electron chi connectivity index (χ3n) is 6.85. The highest BCUT2D eigenvalue weighted by molar-refractivity contribution is 5.95.